The first kappa shape index (κ1) is 35.4. The van der Waals surface area contributed by atoms with Crippen LogP contribution in [-0.2, 0) is 31.7 Å². The Hall–Kier alpha value is -3.98. The normalized spacial score (nSPS) is 40.1. The van der Waals surface area contributed by atoms with Crippen LogP contribution >= 0.6 is 0 Å². The molecule has 2 spiro atoms. The largest absolute Gasteiger partial charge is 0.389 e. The highest BCUT2D eigenvalue weighted by Gasteiger charge is 2.79. The summed E-state index contributed by atoms with van der Waals surface area (Å²) in [5, 5.41) is 41.4. The molecule has 3 unspecified atom stereocenters. The fourth-order valence-electron chi connectivity index (χ4n) is 12.8. The van der Waals surface area contributed by atoms with Crippen LogP contribution in [0.4, 0.5) is 5.69 Å². The molecule has 1 aromatic heterocycles. The van der Waals surface area contributed by atoms with Crippen LogP contribution in [0.3, 0.4) is 0 Å². The summed E-state index contributed by atoms with van der Waals surface area (Å²) in [4.78, 5) is 48.7. The molecule has 6 heterocycles. The Bertz CT molecular complexity index is 2160. The minimum absolute atomic E-state index is 0.137. The zero-order chi connectivity index (χ0) is 38.3. The van der Waals surface area contributed by atoms with E-state index in [0.717, 1.165) is 39.8 Å². The van der Waals surface area contributed by atoms with Crippen molar-refractivity contribution < 1.29 is 34.7 Å². The van der Waals surface area contributed by atoms with Crippen molar-refractivity contribution in [3.63, 3.8) is 0 Å². The number of anilines is 1. The molecule has 1 amide bonds. The van der Waals surface area contributed by atoms with E-state index in [1.807, 2.05) is 62.2 Å². The van der Waals surface area contributed by atoms with Gasteiger partial charge in [0.25, 0.3) is 5.91 Å². The first-order chi connectivity index (χ1) is 26.4. The minimum atomic E-state index is -2.29. The Morgan fingerprint density at radius 1 is 1.07 bits per heavy atom. The van der Waals surface area contributed by atoms with Gasteiger partial charge in [-0.2, -0.15) is 0 Å². The number of β-amino-alcohol motifs (C(OH)–C–C–N with tert-alkyl or cyclic N) is 1. The number of nitrogens with two attached hydrogens (primary N) is 1. The van der Waals surface area contributed by atoms with Crippen molar-refractivity contribution in [1.29, 1.82) is 0 Å². The number of fused-ring (bicyclic) bond motifs is 8. The zero-order valence-corrected chi connectivity index (χ0v) is 31.7. The summed E-state index contributed by atoms with van der Waals surface area (Å²) in [7, 11) is 1.85. The van der Waals surface area contributed by atoms with Gasteiger partial charge in [0.1, 0.15) is 11.5 Å². The second-order valence-electron chi connectivity index (χ2n) is 17.7. The van der Waals surface area contributed by atoms with Crippen LogP contribution in [-0.4, -0.2) is 99.7 Å². The predicted molar refractivity (Wildman–Crippen MR) is 204 cm³/mol. The van der Waals surface area contributed by atoms with Gasteiger partial charge in [-0.3, -0.25) is 20.0 Å². The second-order valence-corrected chi connectivity index (χ2v) is 17.7. The molecule has 292 valence electrons. The van der Waals surface area contributed by atoms with E-state index >= 15 is 0 Å². The molecular formula is C42H52N6O7. The molecule has 0 radical (unpaired) electrons. The van der Waals surface area contributed by atoms with Crippen LogP contribution in [0.2, 0.25) is 0 Å². The summed E-state index contributed by atoms with van der Waals surface area (Å²) in [6.07, 6.45) is 6.89. The van der Waals surface area contributed by atoms with E-state index in [4.69, 9.17) is 15.6 Å². The summed E-state index contributed by atoms with van der Waals surface area (Å²) in [5.41, 5.74) is 1.02. The van der Waals surface area contributed by atoms with Crippen molar-refractivity contribution in [1.82, 2.24) is 20.6 Å². The molecule has 3 aromatic rings. The third-order valence-corrected chi connectivity index (χ3v) is 15.4. The number of H-pyrrole nitrogens is 1. The van der Waals surface area contributed by atoms with Crippen LogP contribution in [0.25, 0.3) is 10.9 Å². The number of hydrogen-bond acceptors (Lipinski definition) is 11. The number of rotatable bonds is 3. The molecule has 2 saturated carbocycles. The minimum Gasteiger partial charge on any atom is -0.389 e. The molecule has 13 nitrogen and oxygen atoms in total. The van der Waals surface area contributed by atoms with E-state index in [9.17, 15) is 24.9 Å². The number of carbonyl (C=O) groups is 2. The molecule has 3 fully saturated rings. The van der Waals surface area contributed by atoms with Crippen LogP contribution in [0.1, 0.15) is 74.8 Å². The smallest absolute Gasteiger partial charge is 0.371 e. The van der Waals surface area contributed by atoms with Gasteiger partial charge in [0.2, 0.25) is 0 Å². The molecule has 7 aliphatic rings. The van der Waals surface area contributed by atoms with Crippen molar-refractivity contribution in [3.05, 3.63) is 70.9 Å². The monoisotopic (exact) mass is 752 g/mol. The second kappa shape index (κ2) is 11.8. The van der Waals surface area contributed by atoms with Crippen molar-refractivity contribution in [2.24, 2.45) is 23.1 Å². The van der Waals surface area contributed by atoms with Gasteiger partial charge in [0, 0.05) is 70.9 Å². The average Bonchev–Trinajstić information content (AvgIpc) is 3.50. The summed E-state index contributed by atoms with van der Waals surface area (Å²) in [6, 6.07) is 11.0. The molecular weight excluding hydrogens is 700 g/mol. The molecule has 10 atom stereocenters. The lowest BCUT2D eigenvalue weighted by molar-refractivity contribution is -0.227. The number of aliphatic hydroxyl groups excluding tert-OH is 1. The van der Waals surface area contributed by atoms with Crippen molar-refractivity contribution >= 4 is 28.5 Å². The molecule has 55 heavy (non-hydrogen) atoms. The van der Waals surface area contributed by atoms with Crippen LogP contribution < -0.4 is 26.4 Å². The molecule has 13 heteroatoms. The Balaban J connectivity index is 1.24. The Kier molecular flexibility index (Phi) is 7.59. The van der Waals surface area contributed by atoms with Gasteiger partial charge in [-0.1, -0.05) is 44.2 Å². The number of carbonyl (C=O) groups excluding carboxylic acids is 2. The number of nitrogens with one attached hydrogen (secondary N) is 3. The zero-order valence-electron chi connectivity index (χ0n) is 31.7. The highest BCUT2D eigenvalue weighted by Crippen LogP contribution is 2.68. The van der Waals surface area contributed by atoms with Gasteiger partial charge < -0.3 is 30.5 Å². The number of hydrazine groups is 1. The lowest BCUT2D eigenvalue weighted by Gasteiger charge is -2.63. The van der Waals surface area contributed by atoms with Crippen molar-refractivity contribution in [2.75, 3.05) is 38.1 Å². The van der Waals surface area contributed by atoms with Gasteiger partial charge >= 0.3 is 5.97 Å². The van der Waals surface area contributed by atoms with Gasteiger partial charge in [0.15, 0.2) is 11.4 Å². The van der Waals surface area contributed by atoms with Gasteiger partial charge in [0.05, 0.1) is 11.6 Å². The average molecular weight is 753 g/mol. The quantitative estimate of drug-likeness (QED) is 0.0685. The standard InChI is InChI=1S/C42H52N6O7/c1-4-38(52)20-23-17-24(23)21-41(32-26(11-14-44-22-38)25-9-6-7-10-29(25)45-32)28-18-27-30(19-31(28)54-55-37(41)51)47(3)34-40(27)13-16-48-15-8-12-39(5-2,33(40)48)35(49)42(34,53)36(50)46-43/h6-10,12,18-19,23-24,33-35,44-45,49,52-53H,4-5,11,13-17,20-22,43H2,1-3H3,(H,46,50)/t23-,24?,33?,34?,35-,38+,39-,40-,41+,42+/m1/s1. The summed E-state index contributed by atoms with van der Waals surface area (Å²) in [5.74, 6) is 5.24. The molecule has 2 aromatic carbocycles. The third-order valence-electron chi connectivity index (χ3n) is 15.4. The number of para-hydroxylation sites is 1. The van der Waals surface area contributed by atoms with Crippen LogP contribution in [0.15, 0.2) is 48.6 Å². The van der Waals surface area contributed by atoms with E-state index in [0.29, 0.717) is 76.0 Å². The number of amides is 1. The summed E-state index contributed by atoms with van der Waals surface area (Å²) >= 11 is 0. The molecule has 2 aliphatic carbocycles. The van der Waals surface area contributed by atoms with Crippen LogP contribution in [0, 0.1) is 17.3 Å². The van der Waals surface area contributed by atoms with E-state index in [2.05, 4.69) is 32.8 Å². The van der Waals surface area contributed by atoms with Crippen molar-refractivity contribution in [2.45, 2.75) is 99.0 Å². The fourth-order valence-corrected chi connectivity index (χ4v) is 12.8. The van der Waals surface area contributed by atoms with E-state index in [-0.39, 0.29) is 17.9 Å². The lowest BCUT2D eigenvalue weighted by atomic mass is 9.47. The molecule has 8 N–H and O–H groups in total. The molecule has 5 aliphatic heterocycles. The SMILES string of the molecule is CC[C@@]1(O)CNCCc2c([nH]c3ccccc23)[C@@]2(CC3C[C@@H]3C1)C(=O)OOc1cc3c(cc12)[C@]12CCN4CC=C[C@](CC)(C41)[C@@H](O)[C@](O)(C(=O)NN)C2N3C. The third kappa shape index (κ3) is 4.34. The van der Waals surface area contributed by atoms with E-state index in [1.54, 1.807) is 0 Å². The molecule has 1 saturated heterocycles. The number of aliphatic hydroxyl groups is 3. The highest BCUT2D eigenvalue weighted by atomic mass is 17.2. The Morgan fingerprint density at radius 2 is 1.87 bits per heavy atom. The first-order valence-electron chi connectivity index (χ1n) is 20.1. The first-order valence-corrected chi connectivity index (χ1v) is 20.1. The molecule has 10 rings (SSSR count). The number of benzene rings is 2. The fraction of sp³-hybridized carbons (Fsp3) is 0.571. The topological polar surface area (TPSA) is 186 Å². The Labute approximate surface area is 320 Å². The summed E-state index contributed by atoms with van der Waals surface area (Å²) < 4.78 is 0. The van der Waals surface area contributed by atoms with Crippen LogP contribution in [0.5, 0.6) is 5.75 Å². The van der Waals surface area contributed by atoms with Gasteiger partial charge in [-0.05, 0) is 93.1 Å². The van der Waals surface area contributed by atoms with Gasteiger partial charge in [-0.15, -0.1) is 0 Å². The number of likely N-dealkylation sites (N-methyl/N-ethyl adjacent to an activating group) is 1. The maximum absolute atomic E-state index is 14.9. The number of aromatic amines is 1. The Morgan fingerprint density at radius 3 is 2.65 bits per heavy atom. The maximum Gasteiger partial charge on any atom is 0.371 e. The van der Waals surface area contributed by atoms with E-state index < -0.39 is 51.5 Å². The van der Waals surface area contributed by atoms with Crippen molar-refractivity contribution in [3.8, 4) is 5.75 Å². The number of hydrogen-bond donors (Lipinski definition) is 7. The number of nitrogens with zero attached hydrogens (tertiary/aromatic N) is 2. The van der Waals surface area contributed by atoms with E-state index in [1.165, 1.54) is 0 Å². The molecule has 0 bridgehead atoms. The predicted octanol–water partition coefficient (Wildman–Crippen LogP) is 2.20. The number of aromatic nitrogens is 1. The summed E-state index contributed by atoms with van der Waals surface area (Å²) in [6.45, 7) is 6.51. The lowest BCUT2D eigenvalue weighted by Crippen LogP contribution is -2.82. The highest BCUT2D eigenvalue weighted by molar-refractivity contribution is 5.95. The maximum atomic E-state index is 14.9. The van der Waals surface area contributed by atoms with Gasteiger partial charge in [-0.25, -0.2) is 15.5 Å².